The molecule has 0 aromatic heterocycles. The number of allylic oxidation sites excluding steroid dienone is 4. The number of benzene rings is 5. The molecule has 0 unspecified atom stereocenters. The monoisotopic (exact) mass is 489 g/mol. The van der Waals surface area contributed by atoms with E-state index in [2.05, 4.69) is 157 Å². The standard InChI is InChI=1S/C37H31N/c1-28-12-14-31(15-13-28)34-20-26-37(27-21-34)38(35-22-16-32(17-23-35)29-8-4-2-5-9-29)36-24-18-33(19-25-36)30-10-6-3-7-11-30/h2-12,14,16-27H,13,15H2,1H3. The molecule has 0 radical (unpaired) electrons. The Morgan fingerprint density at radius 1 is 0.395 bits per heavy atom. The molecule has 5 aromatic rings. The van der Waals surface area contributed by atoms with Gasteiger partial charge in [-0.2, -0.15) is 0 Å². The van der Waals surface area contributed by atoms with Crippen molar-refractivity contribution in [1.82, 2.24) is 0 Å². The van der Waals surface area contributed by atoms with Crippen LogP contribution in [0.3, 0.4) is 0 Å². The maximum absolute atomic E-state index is 2.34. The van der Waals surface area contributed by atoms with Crippen LogP contribution in [0.2, 0.25) is 0 Å². The largest absolute Gasteiger partial charge is 0.311 e. The Morgan fingerprint density at radius 2 is 0.789 bits per heavy atom. The average Bonchev–Trinajstić information content (AvgIpc) is 3.00. The summed E-state index contributed by atoms with van der Waals surface area (Å²) < 4.78 is 0. The Hall–Kier alpha value is -4.62. The van der Waals surface area contributed by atoms with Crippen LogP contribution in [-0.2, 0) is 0 Å². The Morgan fingerprint density at radius 3 is 1.18 bits per heavy atom. The highest BCUT2D eigenvalue weighted by atomic mass is 15.1. The number of hydrogen-bond donors (Lipinski definition) is 0. The predicted molar refractivity (Wildman–Crippen MR) is 163 cm³/mol. The number of anilines is 3. The van der Waals surface area contributed by atoms with Gasteiger partial charge in [0, 0.05) is 17.1 Å². The third-order valence-electron chi connectivity index (χ3n) is 7.32. The Kier molecular flexibility index (Phi) is 6.74. The summed E-state index contributed by atoms with van der Waals surface area (Å²) in [6, 6.07) is 47.9. The van der Waals surface area contributed by atoms with Crippen molar-refractivity contribution in [2.24, 2.45) is 0 Å². The van der Waals surface area contributed by atoms with E-state index in [0.717, 1.165) is 29.9 Å². The van der Waals surface area contributed by atoms with Gasteiger partial charge in [0.05, 0.1) is 0 Å². The summed E-state index contributed by atoms with van der Waals surface area (Å²) in [7, 11) is 0. The van der Waals surface area contributed by atoms with Crippen molar-refractivity contribution in [3.8, 4) is 22.3 Å². The molecule has 6 rings (SSSR count). The van der Waals surface area contributed by atoms with Crippen LogP contribution in [0.25, 0.3) is 27.8 Å². The minimum Gasteiger partial charge on any atom is -0.311 e. The molecule has 1 aliphatic rings. The smallest absolute Gasteiger partial charge is 0.0462 e. The lowest BCUT2D eigenvalue weighted by Gasteiger charge is -2.26. The lowest BCUT2D eigenvalue weighted by molar-refractivity contribution is 0.977. The van der Waals surface area contributed by atoms with E-state index in [1.807, 2.05) is 0 Å². The van der Waals surface area contributed by atoms with Crippen LogP contribution in [-0.4, -0.2) is 0 Å². The molecule has 0 spiro atoms. The van der Waals surface area contributed by atoms with Gasteiger partial charge in [0.1, 0.15) is 0 Å². The second kappa shape index (κ2) is 10.8. The third kappa shape index (κ3) is 5.10. The van der Waals surface area contributed by atoms with Gasteiger partial charge in [-0.3, -0.25) is 0 Å². The summed E-state index contributed by atoms with van der Waals surface area (Å²) in [5.74, 6) is 0. The molecule has 1 heteroatoms. The lowest BCUT2D eigenvalue weighted by atomic mass is 9.94. The van der Waals surface area contributed by atoms with E-state index in [1.54, 1.807) is 0 Å². The first-order valence-corrected chi connectivity index (χ1v) is 13.3. The van der Waals surface area contributed by atoms with Crippen LogP contribution in [0.4, 0.5) is 17.1 Å². The molecule has 0 heterocycles. The molecular weight excluding hydrogens is 458 g/mol. The molecule has 0 N–H and O–H groups in total. The van der Waals surface area contributed by atoms with Gasteiger partial charge < -0.3 is 4.90 Å². The molecule has 0 saturated carbocycles. The average molecular weight is 490 g/mol. The molecule has 184 valence electrons. The Balaban J connectivity index is 1.37. The SMILES string of the molecule is CC1=CC=C(c2ccc(N(c3ccc(-c4ccccc4)cc3)c3ccc(-c4ccccc4)cc3)cc2)CC1. The van der Waals surface area contributed by atoms with Crippen LogP contribution < -0.4 is 4.90 Å². The van der Waals surface area contributed by atoms with Gasteiger partial charge in [0.2, 0.25) is 0 Å². The fourth-order valence-electron chi connectivity index (χ4n) is 5.12. The molecule has 0 atom stereocenters. The highest BCUT2D eigenvalue weighted by molar-refractivity contribution is 5.81. The van der Waals surface area contributed by atoms with Crippen molar-refractivity contribution >= 4 is 22.6 Å². The summed E-state index contributed by atoms with van der Waals surface area (Å²) in [4.78, 5) is 2.34. The van der Waals surface area contributed by atoms with Gasteiger partial charge in [-0.05, 0) is 89.6 Å². The summed E-state index contributed by atoms with van der Waals surface area (Å²) in [6.07, 6.45) is 6.77. The topological polar surface area (TPSA) is 3.24 Å². The molecule has 1 nitrogen and oxygen atoms in total. The minimum atomic E-state index is 1.10. The van der Waals surface area contributed by atoms with Crippen LogP contribution in [0.5, 0.6) is 0 Å². The van der Waals surface area contributed by atoms with Crippen LogP contribution in [0.15, 0.2) is 151 Å². The van der Waals surface area contributed by atoms with Gasteiger partial charge in [-0.25, -0.2) is 0 Å². The summed E-state index contributed by atoms with van der Waals surface area (Å²) in [6.45, 7) is 2.21. The van der Waals surface area contributed by atoms with Crippen molar-refractivity contribution in [3.63, 3.8) is 0 Å². The minimum absolute atomic E-state index is 1.10. The van der Waals surface area contributed by atoms with Crippen LogP contribution >= 0.6 is 0 Å². The normalized spacial score (nSPS) is 13.0. The summed E-state index contributed by atoms with van der Waals surface area (Å²) >= 11 is 0. The van der Waals surface area contributed by atoms with Gasteiger partial charge in [-0.1, -0.05) is 115 Å². The predicted octanol–water partition coefficient (Wildman–Crippen LogP) is 10.6. The molecule has 0 saturated heterocycles. The van der Waals surface area contributed by atoms with Crippen molar-refractivity contribution in [1.29, 1.82) is 0 Å². The molecule has 38 heavy (non-hydrogen) atoms. The summed E-state index contributed by atoms with van der Waals surface area (Å²) in [5.41, 5.74) is 12.5. The third-order valence-corrected chi connectivity index (χ3v) is 7.32. The first-order valence-electron chi connectivity index (χ1n) is 13.3. The second-order valence-electron chi connectivity index (χ2n) is 9.91. The van der Waals surface area contributed by atoms with E-state index in [4.69, 9.17) is 0 Å². The maximum Gasteiger partial charge on any atom is 0.0462 e. The zero-order chi connectivity index (χ0) is 25.7. The van der Waals surface area contributed by atoms with Crippen LogP contribution in [0.1, 0.15) is 25.3 Å². The van der Waals surface area contributed by atoms with E-state index in [1.165, 1.54) is 39.0 Å². The van der Waals surface area contributed by atoms with Crippen molar-refractivity contribution < 1.29 is 0 Å². The van der Waals surface area contributed by atoms with E-state index in [9.17, 15) is 0 Å². The van der Waals surface area contributed by atoms with Crippen molar-refractivity contribution in [2.45, 2.75) is 19.8 Å². The van der Waals surface area contributed by atoms with E-state index >= 15 is 0 Å². The van der Waals surface area contributed by atoms with Gasteiger partial charge >= 0.3 is 0 Å². The van der Waals surface area contributed by atoms with E-state index in [-0.39, 0.29) is 0 Å². The Labute approximate surface area is 226 Å². The fourth-order valence-corrected chi connectivity index (χ4v) is 5.12. The second-order valence-corrected chi connectivity index (χ2v) is 9.91. The number of rotatable bonds is 6. The maximum atomic E-state index is 2.34. The lowest BCUT2D eigenvalue weighted by Crippen LogP contribution is -2.10. The molecule has 0 aliphatic heterocycles. The first-order chi connectivity index (χ1) is 18.7. The van der Waals surface area contributed by atoms with E-state index < -0.39 is 0 Å². The highest BCUT2D eigenvalue weighted by Gasteiger charge is 2.14. The van der Waals surface area contributed by atoms with Gasteiger partial charge in [0.25, 0.3) is 0 Å². The van der Waals surface area contributed by atoms with Crippen LogP contribution in [0, 0.1) is 0 Å². The van der Waals surface area contributed by atoms with E-state index in [0.29, 0.717) is 0 Å². The molecule has 0 amide bonds. The van der Waals surface area contributed by atoms with Gasteiger partial charge in [0.15, 0.2) is 0 Å². The number of nitrogens with zero attached hydrogens (tertiary/aromatic N) is 1. The zero-order valence-corrected chi connectivity index (χ0v) is 21.7. The first kappa shape index (κ1) is 23.8. The molecule has 0 fully saturated rings. The van der Waals surface area contributed by atoms with Gasteiger partial charge in [-0.15, -0.1) is 0 Å². The molecule has 1 aliphatic carbocycles. The molecule has 5 aromatic carbocycles. The summed E-state index contributed by atoms with van der Waals surface area (Å²) in [5, 5.41) is 0. The quantitative estimate of drug-likeness (QED) is 0.229. The molecular formula is C37H31N. The zero-order valence-electron chi connectivity index (χ0n) is 21.7. The molecule has 0 bridgehead atoms. The highest BCUT2D eigenvalue weighted by Crippen LogP contribution is 2.37. The number of hydrogen-bond acceptors (Lipinski definition) is 1. The fraction of sp³-hybridized carbons (Fsp3) is 0.0811. The van der Waals surface area contributed by atoms with Crippen molar-refractivity contribution in [3.05, 3.63) is 157 Å². The Bertz CT molecular complexity index is 1470. The van der Waals surface area contributed by atoms with Crippen molar-refractivity contribution in [2.75, 3.05) is 4.90 Å².